The maximum atomic E-state index is 13.5. The second kappa shape index (κ2) is 8.91. The van der Waals surface area contributed by atoms with Crippen LogP contribution in [0.1, 0.15) is 0 Å². The van der Waals surface area contributed by atoms with Crippen LogP contribution in [0.5, 0.6) is 11.5 Å². The van der Waals surface area contributed by atoms with Crippen molar-refractivity contribution in [1.29, 1.82) is 0 Å². The number of anilines is 1. The van der Waals surface area contributed by atoms with Crippen LogP contribution in [0.15, 0.2) is 71.9 Å². The number of halogens is 2. The summed E-state index contributed by atoms with van der Waals surface area (Å²) in [5, 5.41) is 11.7. The van der Waals surface area contributed by atoms with Gasteiger partial charge in [0.15, 0.2) is 22.5 Å². The highest BCUT2D eigenvalue weighted by Crippen LogP contribution is 2.34. The summed E-state index contributed by atoms with van der Waals surface area (Å²) in [6.45, 7) is 0.151. The molecule has 0 bridgehead atoms. The molecule has 166 valence electrons. The van der Waals surface area contributed by atoms with Gasteiger partial charge in [-0.3, -0.25) is 9.36 Å². The van der Waals surface area contributed by atoms with E-state index in [9.17, 15) is 13.6 Å². The van der Waals surface area contributed by atoms with Gasteiger partial charge in [0, 0.05) is 23.0 Å². The standard InChI is InChI=1S/C23H16F2N4O3S/c24-15-3-1-14(2-4-15)22-27-28-23(29(22)18-8-5-16(25)6-9-18)33-12-21(30)26-17-7-10-19-20(11-17)32-13-31-19/h1-11H,12-13H2,(H,26,30). The Balaban J connectivity index is 1.37. The molecule has 1 aliphatic heterocycles. The number of nitrogens with one attached hydrogen (secondary N) is 1. The summed E-state index contributed by atoms with van der Waals surface area (Å²) in [5.74, 6) is 0.686. The first-order valence-corrected chi connectivity index (χ1v) is 10.8. The average Bonchev–Trinajstić information content (AvgIpc) is 3.45. The van der Waals surface area contributed by atoms with Gasteiger partial charge in [-0.15, -0.1) is 10.2 Å². The number of aromatic nitrogens is 3. The number of hydrogen-bond donors (Lipinski definition) is 1. The van der Waals surface area contributed by atoms with Crippen LogP contribution in [-0.4, -0.2) is 33.2 Å². The van der Waals surface area contributed by atoms with Crippen LogP contribution in [0.4, 0.5) is 14.5 Å². The predicted molar refractivity (Wildman–Crippen MR) is 119 cm³/mol. The van der Waals surface area contributed by atoms with Crippen LogP contribution in [0.2, 0.25) is 0 Å². The molecular weight excluding hydrogens is 450 g/mol. The number of carbonyl (C=O) groups excluding carboxylic acids is 1. The normalized spacial score (nSPS) is 12.1. The lowest BCUT2D eigenvalue weighted by molar-refractivity contribution is -0.113. The number of thioether (sulfide) groups is 1. The van der Waals surface area contributed by atoms with Gasteiger partial charge in [0.05, 0.1) is 5.75 Å². The van der Waals surface area contributed by atoms with Gasteiger partial charge in [0.1, 0.15) is 11.6 Å². The molecule has 0 aliphatic carbocycles. The Hall–Kier alpha value is -3.92. The zero-order chi connectivity index (χ0) is 22.8. The number of amides is 1. The molecule has 1 N–H and O–H groups in total. The van der Waals surface area contributed by atoms with Crippen LogP contribution in [0.3, 0.4) is 0 Å². The third-order valence-electron chi connectivity index (χ3n) is 4.81. The zero-order valence-electron chi connectivity index (χ0n) is 17.0. The summed E-state index contributed by atoms with van der Waals surface area (Å²) < 4.78 is 39.2. The Morgan fingerprint density at radius 1 is 0.939 bits per heavy atom. The van der Waals surface area contributed by atoms with Gasteiger partial charge in [-0.25, -0.2) is 8.78 Å². The van der Waals surface area contributed by atoms with Crippen molar-refractivity contribution < 1.29 is 23.0 Å². The van der Waals surface area contributed by atoms with Crippen molar-refractivity contribution in [1.82, 2.24) is 14.8 Å². The number of benzene rings is 3. The Labute approximate surface area is 191 Å². The fourth-order valence-corrected chi connectivity index (χ4v) is 4.03. The second-order valence-electron chi connectivity index (χ2n) is 7.03. The first kappa shape index (κ1) is 21.0. The lowest BCUT2D eigenvalue weighted by Crippen LogP contribution is -2.14. The molecule has 10 heteroatoms. The minimum Gasteiger partial charge on any atom is -0.454 e. The largest absolute Gasteiger partial charge is 0.454 e. The maximum Gasteiger partial charge on any atom is 0.234 e. The van der Waals surface area contributed by atoms with E-state index >= 15 is 0 Å². The Morgan fingerprint density at radius 3 is 2.39 bits per heavy atom. The van der Waals surface area contributed by atoms with Crippen molar-refractivity contribution in [2.24, 2.45) is 0 Å². The molecule has 0 fully saturated rings. The molecule has 33 heavy (non-hydrogen) atoms. The van der Waals surface area contributed by atoms with Crippen molar-refractivity contribution >= 4 is 23.4 Å². The van der Waals surface area contributed by atoms with Gasteiger partial charge in [-0.05, 0) is 60.7 Å². The van der Waals surface area contributed by atoms with Crippen molar-refractivity contribution in [2.45, 2.75) is 5.16 Å². The lowest BCUT2D eigenvalue weighted by Gasteiger charge is -2.11. The summed E-state index contributed by atoms with van der Waals surface area (Å²) in [6.07, 6.45) is 0. The Bertz CT molecular complexity index is 1310. The molecule has 2 heterocycles. The molecule has 0 saturated heterocycles. The first-order chi connectivity index (χ1) is 16.1. The molecule has 1 aromatic heterocycles. The quantitative estimate of drug-likeness (QED) is 0.416. The van der Waals surface area contributed by atoms with Crippen molar-refractivity contribution in [3.8, 4) is 28.6 Å². The average molecular weight is 466 g/mol. The van der Waals surface area contributed by atoms with Crippen LogP contribution >= 0.6 is 11.8 Å². The molecule has 0 spiro atoms. The van der Waals surface area contributed by atoms with E-state index in [4.69, 9.17) is 9.47 Å². The van der Waals surface area contributed by atoms with Crippen molar-refractivity contribution in [2.75, 3.05) is 17.9 Å². The second-order valence-corrected chi connectivity index (χ2v) is 7.97. The third kappa shape index (κ3) is 4.51. The molecule has 0 atom stereocenters. The van der Waals surface area contributed by atoms with Gasteiger partial charge in [-0.2, -0.15) is 0 Å². The predicted octanol–water partition coefficient (Wildman–Crippen LogP) is 4.67. The number of rotatable bonds is 6. The Kier molecular flexibility index (Phi) is 5.66. The van der Waals surface area contributed by atoms with Crippen molar-refractivity contribution in [3.05, 3.63) is 78.4 Å². The number of ether oxygens (including phenoxy) is 2. The van der Waals surface area contributed by atoms with Gasteiger partial charge >= 0.3 is 0 Å². The monoisotopic (exact) mass is 466 g/mol. The number of nitrogens with zero attached hydrogens (tertiary/aromatic N) is 3. The molecule has 4 aromatic rings. The minimum atomic E-state index is -0.382. The number of fused-ring (bicyclic) bond motifs is 1. The number of carbonyl (C=O) groups is 1. The van der Waals surface area contributed by atoms with Gasteiger partial charge in [0.2, 0.25) is 12.7 Å². The molecule has 3 aromatic carbocycles. The summed E-state index contributed by atoms with van der Waals surface area (Å²) in [7, 11) is 0. The highest BCUT2D eigenvalue weighted by atomic mass is 32.2. The van der Waals surface area contributed by atoms with Gasteiger partial charge < -0.3 is 14.8 Å². The first-order valence-electron chi connectivity index (χ1n) is 9.86. The highest BCUT2D eigenvalue weighted by molar-refractivity contribution is 7.99. The van der Waals surface area contributed by atoms with E-state index in [1.54, 1.807) is 47.0 Å². The fourth-order valence-electron chi connectivity index (χ4n) is 3.27. The SMILES string of the molecule is O=C(CSc1nnc(-c2ccc(F)cc2)n1-c1ccc(F)cc1)Nc1ccc2c(c1)OCO2. The van der Waals surface area contributed by atoms with E-state index in [1.165, 1.54) is 36.0 Å². The Morgan fingerprint density at radius 2 is 1.64 bits per heavy atom. The van der Waals surface area contributed by atoms with Crippen LogP contribution < -0.4 is 14.8 Å². The van der Waals surface area contributed by atoms with Crippen LogP contribution in [0, 0.1) is 11.6 Å². The highest BCUT2D eigenvalue weighted by Gasteiger charge is 2.18. The molecule has 5 rings (SSSR count). The van der Waals surface area contributed by atoms with E-state index < -0.39 is 0 Å². The summed E-state index contributed by atoms with van der Waals surface area (Å²) in [6, 6.07) is 16.8. The van der Waals surface area contributed by atoms with E-state index in [0.717, 1.165) is 0 Å². The lowest BCUT2D eigenvalue weighted by atomic mass is 10.2. The summed E-state index contributed by atoms with van der Waals surface area (Å²) in [4.78, 5) is 12.5. The van der Waals surface area contributed by atoms with Crippen LogP contribution in [-0.2, 0) is 4.79 Å². The van der Waals surface area contributed by atoms with E-state index in [1.807, 2.05) is 0 Å². The smallest absolute Gasteiger partial charge is 0.234 e. The van der Waals surface area contributed by atoms with Crippen LogP contribution in [0.25, 0.3) is 17.1 Å². The fraction of sp³-hybridized carbons (Fsp3) is 0.0870. The molecule has 1 amide bonds. The zero-order valence-corrected chi connectivity index (χ0v) is 17.8. The summed E-state index contributed by atoms with van der Waals surface area (Å²) >= 11 is 1.17. The molecule has 0 unspecified atom stereocenters. The third-order valence-corrected chi connectivity index (χ3v) is 5.74. The van der Waals surface area contributed by atoms with E-state index in [2.05, 4.69) is 15.5 Å². The number of hydrogen-bond acceptors (Lipinski definition) is 6. The molecular formula is C23H16F2N4O3S. The van der Waals surface area contributed by atoms with Crippen molar-refractivity contribution in [3.63, 3.8) is 0 Å². The summed E-state index contributed by atoms with van der Waals surface area (Å²) in [5.41, 5.74) is 1.82. The topological polar surface area (TPSA) is 78.3 Å². The molecule has 7 nitrogen and oxygen atoms in total. The molecule has 0 saturated carbocycles. The molecule has 1 aliphatic rings. The van der Waals surface area contributed by atoms with E-state index in [0.29, 0.717) is 39.4 Å². The minimum absolute atomic E-state index is 0.0528. The van der Waals surface area contributed by atoms with E-state index in [-0.39, 0.29) is 30.1 Å². The van der Waals surface area contributed by atoms with Gasteiger partial charge in [-0.1, -0.05) is 11.8 Å². The maximum absolute atomic E-state index is 13.5. The molecule has 0 radical (unpaired) electrons. The van der Waals surface area contributed by atoms with Gasteiger partial charge in [0.25, 0.3) is 0 Å².